The smallest absolute Gasteiger partial charge is 0.170 e. The molecule has 18 heavy (non-hydrogen) atoms. The Hall–Kier alpha value is -1.46. The van der Waals surface area contributed by atoms with E-state index in [-0.39, 0.29) is 11.9 Å². The van der Waals surface area contributed by atoms with E-state index in [0.717, 1.165) is 5.69 Å². The second-order valence-electron chi connectivity index (χ2n) is 4.07. The predicted molar refractivity (Wildman–Crippen MR) is 73.7 cm³/mol. The Balaban J connectivity index is 2.98. The molecule has 1 unspecified atom stereocenters. The topological polar surface area (TPSA) is 71.1 Å². The van der Waals surface area contributed by atoms with Gasteiger partial charge < -0.3 is 20.6 Å². The van der Waals surface area contributed by atoms with Gasteiger partial charge in [0.25, 0.3) is 0 Å². The number of likely N-dealkylation sites (N-methyl/N-ethyl adjacent to an activating group) is 1. The predicted octanol–water partition coefficient (Wildman–Crippen LogP) is 1.91. The van der Waals surface area contributed by atoms with Crippen molar-refractivity contribution >= 4 is 23.1 Å². The van der Waals surface area contributed by atoms with Crippen LogP contribution in [0.2, 0.25) is 5.02 Å². The van der Waals surface area contributed by atoms with Crippen LogP contribution in [0, 0.1) is 0 Å². The number of hydrogen-bond acceptors (Lipinski definition) is 4. The van der Waals surface area contributed by atoms with Crippen molar-refractivity contribution in [3.05, 3.63) is 28.8 Å². The van der Waals surface area contributed by atoms with Crippen molar-refractivity contribution in [3.63, 3.8) is 0 Å². The van der Waals surface area contributed by atoms with E-state index in [1.165, 1.54) is 0 Å². The number of methoxy groups -OCH3 is 1. The van der Waals surface area contributed by atoms with Gasteiger partial charge in [0.2, 0.25) is 0 Å². The maximum absolute atomic E-state index is 8.61. The van der Waals surface area contributed by atoms with Gasteiger partial charge in [-0.15, -0.1) is 0 Å². The molecule has 0 aliphatic rings. The first kappa shape index (κ1) is 14.6. The molecule has 1 aromatic rings. The highest BCUT2D eigenvalue weighted by Crippen LogP contribution is 2.27. The zero-order chi connectivity index (χ0) is 13.7. The van der Waals surface area contributed by atoms with Gasteiger partial charge in [-0.05, 0) is 25.1 Å². The van der Waals surface area contributed by atoms with E-state index in [9.17, 15) is 0 Å². The summed E-state index contributed by atoms with van der Waals surface area (Å²) in [6, 6.07) is 5.46. The summed E-state index contributed by atoms with van der Waals surface area (Å²) >= 11 is 6.19. The van der Waals surface area contributed by atoms with Crippen molar-refractivity contribution in [1.82, 2.24) is 0 Å². The van der Waals surface area contributed by atoms with Crippen LogP contribution in [0.5, 0.6) is 0 Å². The van der Waals surface area contributed by atoms with E-state index in [4.69, 9.17) is 27.3 Å². The lowest BCUT2D eigenvalue weighted by atomic mass is 10.1. The molecule has 6 heteroatoms. The molecule has 0 heterocycles. The van der Waals surface area contributed by atoms with Crippen LogP contribution < -0.4 is 10.6 Å². The Bertz CT molecular complexity index is 437. The molecule has 100 valence electrons. The molecule has 5 nitrogen and oxygen atoms in total. The summed E-state index contributed by atoms with van der Waals surface area (Å²) in [4.78, 5) is 2.02. The van der Waals surface area contributed by atoms with Crippen LogP contribution in [0.15, 0.2) is 23.4 Å². The number of amidine groups is 1. The first-order valence-corrected chi connectivity index (χ1v) is 5.88. The monoisotopic (exact) mass is 271 g/mol. The molecule has 0 aliphatic heterocycles. The number of nitrogens with two attached hydrogens (primary N) is 1. The van der Waals surface area contributed by atoms with Gasteiger partial charge in [-0.25, -0.2) is 0 Å². The third-order valence-corrected chi connectivity index (χ3v) is 3.10. The molecular weight excluding hydrogens is 254 g/mol. The lowest BCUT2D eigenvalue weighted by Gasteiger charge is -2.27. The van der Waals surface area contributed by atoms with Crippen molar-refractivity contribution in [2.45, 2.75) is 13.0 Å². The number of benzene rings is 1. The fourth-order valence-electron chi connectivity index (χ4n) is 1.60. The van der Waals surface area contributed by atoms with Crippen molar-refractivity contribution in [3.8, 4) is 0 Å². The van der Waals surface area contributed by atoms with Gasteiger partial charge >= 0.3 is 0 Å². The highest BCUT2D eigenvalue weighted by Gasteiger charge is 2.13. The minimum Gasteiger partial charge on any atom is -0.409 e. The van der Waals surface area contributed by atoms with Gasteiger partial charge in [-0.3, -0.25) is 0 Å². The lowest BCUT2D eigenvalue weighted by Crippen LogP contribution is -2.32. The third kappa shape index (κ3) is 3.27. The van der Waals surface area contributed by atoms with Crippen LogP contribution in [-0.4, -0.2) is 37.8 Å². The van der Waals surface area contributed by atoms with Gasteiger partial charge in [0.1, 0.15) is 0 Å². The first-order valence-electron chi connectivity index (χ1n) is 5.50. The second kappa shape index (κ2) is 6.47. The fourth-order valence-corrected chi connectivity index (χ4v) is 1.91. The third-order valence-electron chi connectivity index (χ3n) is 2.80. The van der Waals surface area contributed by atoms with E-state index in [1.54, 1.807) is 19.2 Å². The van der Waals surface area contributed by atoms with Crippen LogP contribution in [-0.2, 0) is 4.74 Å². The summed E-state index contributed by atoms with van der Waals surface area (Å²) in [5.74, 6) is 0.0380. The van der Waals surface area contributed by atoms with Gasteiger partial charge in [0.15, 0.2) is 5.84 Å². The number of rotatable bonds is 5. The molecule has 1 rings (SSSR count). The average molecular weight is 272 g/mol. The van der Waals surface area contributed by atoms with Crippen molar-refractivity contribution in [2.75, 3.05) is 25.7 Å². The van der Waals surface area contributed by atoms with Crippen molar-refractivity contribution in [1.29, 1.82) is 0 Å². The van der Waals surface area contributed by atoms with Crippen molar-refractivity contribution in [2.24, 2.45) is 10.9 Å². The quantitative estimate of drug-likeness (QED) is 0.371. The second-order valence-corrected chi connectivity index (χ2v) is 4.47. The largest absolute Gasteiger partial charge is 0.409 e. The van der Waals surface area contributed by atoms with Crippen LogP contribution >= 0.6 is 11.6 Å². The number of ether oxygens (including phenoxy) is 1. The van der Waals surface area contributed by atoms with Crippen LogP contribution in [0.1, 0.15) is 12.5 Å². The molecular formula is C12H18ClN3O2. The van der Waals surface area contributed by atoms with Crippen molar-refractivity contribution < 1.29 is 9.94 Å². The molecule has 0 saturated heterocycles. The zero-order valence-corrected chi connectivity index (χ0v) is 11.5. The summed E-state index contributed by atoms with van der Waals surface area (Å²) in [6.07, 6.45) is 0. The Morgan fingerprint density at radius 1 is 1.61 bits per heavy atom. The molecule has 0 bridgehead atoms. The summed E-state index contributed by atoms with van der Waals surface area (Å²) in [7, 11) is 3.60. The lowest BCUT2D eigenvalue weighted by molar-refractivity contribution is 0.183. The Morgan fingerprint density at radius 3 is 2.78 bits per heavy atom. The summed E-state index contributed by atoms with van der Waals surface area (Å²) in [5.41, 5.74) is 6.96. The molecule has 1 atom stereocenters. The van der Waals surface area contributed by atoms with E-state index in [1.807, 2.05) is 24.9 Å². The minimum atomic E-state index is 0.0380. The fraction of sp³-hybridized carbons (Fsp3) is 0.417. The number of halogens is 1. The zero-order valence-electron chi connectivity index (χ0n) is 10.7. The molecule has 1 aromatic carbocycles. The SMILES string of the molecule is COCC(C)N(C)c1ccc(C(N)=NO)cc1Cl. The van der Waals surface area contributed by atoms with E-state index in [0.29, 0.717) is 17.2 Å². The number of oxime groups is 1. The van der Waals surface area contributed by atoms with Gasteiger partial charge in [0.05, 0.1) is 17.3 Å². The van der Waals surface area contributed by atoms with Gasteiger partial charge in [-0.2, -0.15) is 0 Å². The maximum Gasteiger partial charge on any atom is 0.170 e. The standard InChI is InChI=1S/C12H18ClN3O2/c1-8(7-18-3)16(2)11-5-4-9(6-10(11)13)12(14)15-17/h4-6,8,17H,7H2,1-3H3,(H2,14,15). The summed E-state index contributed by atoms with van der Waals surface area (Å²) in [5, 5.41) is 12.1. The van der Waals surface area contributed by atoms with E-state index < -0.39 is 0 Å². The highest BCUT2D eigenvalue weighted by molar-refractivity contribution is 6.33. The highest BCUT2D eigenvalue weighted by atomic mass is 35.5. The molecule has 0 amide bonds. The van der Waals surface area contributed by atoms with E-state index >= 15 is 0 Å². The molecule has 0 saturated carbocycles. The van der Waals surface area contributed by atoms with Crippen LogP contribution in [0.3, 0.4) is 0 Å². The average Bonchev–Trinajstić information content (AvgIpc) is 2.37. The molecule has 0 aromatic heterocycles. The van der Waals surface area contributed by atoms with Crippen LogP contribution in [0.4, 0.5) is 5.69 Å². The normalized spacial score (nSPS) is 13.4. The summed E-state index contributed by atoms with van der Waals surface area (Å²) < 4.78 is 5.11. The van der Waals surface area contributed by atoms with E-state index in [2.05, 4.69) is 5.16 Å². The number of hydrogen-bond donors (Lipinski definition) is 2. The van der Waals surface area contributed by atoms with Gasteiger partial charge in [0, 0.05) is 25.8 Å². The van der Waals surface area contributed by atoms with Crippen LogP contribution in [0.25, 0.3) is 0 Å². The Morgan fingerprint density at radius 2 is 2.28 bits per heavy atom. The Labute approximate surface area is 112 Å². The molecule has 0 aliphatic carbocycles. The van der Waals surface area contributed by atoms with Gasteiger partial charge in [-0.1, -0.05) is 16.8 Å². The Kier molecular flexibility index (Phi) is 5.25. The maximum atomic E-state index is 8.61. The number of anilines is 1. The first-order chi connectivity index (χ1) is 8.51. The molecule has 0 radical (unpaired) electrons. The summed E-state index contributed by atoms with van der Waals surface area (Å²) in [6.45, 7) is 2.64. The number of nitrogens with zero attached hydrogens (tertiary/aromatic N) is 2. The molecule has 3 N–H and O–H groups in total. The minimum absolute atomic E-state index is 0.0380. The molecule has 0 spiro atoms. The molecule has 0 fully saturated rings.